The van der Waals surface area contributed by atoms with Crippen LogP contribution in [0, 0.1) is 0 Å². The molecule has 22 heavy (non-hydrogen) atoms. The highest BCUT2D eigenvalue weighted by Gasteiger charge is 2.13. The predicted octanol–water partition coefficient (Wildman–Crippen LogP) is 2.84. The minimum Gasteiger partial charge on any atom is -0.340 e. The van der Waals surface area contributed by atoms with Gasteiger partial charge in [0.15, 0.2) is 0 Å². The lowest BCUT2D eigenvalue weighted by Crippen LogP contribution is -2.36. The van der Waals surface area contributed by atoms with Gasteiger partial charge in [-0.25, -0.2) is 4.98 Å². The van der Waals surface area contributed by atoms with E-state index in [1.54, 1.807) is 24.0 Å². The van der Waals surface area contributed by atoms with Crippen molar-refractivity contribution in [2.24, 2.45) is 5.73 Å². The van der Waals surface area contributed by atoms with Gasteiger partial charge in [-0.1, -0.05) is 18.2 Å². The van der Waals surface area contributed by atoms with Crippen LogP contribution >= 0.6 is 11.8 Å². The van der Waals surface area contributed by atoms with Crippen molar-refractivity contribution in [2.75, 3.05) is 22.6 Å². The normalized spacial score (nSPS) is 11.7. The molecule has 1 aromatic heterocycles. The number of aromatic nitrogens is 1. The highest BCUT2D eigenvalue weighted by Crippen LogP contribution is 2.15. The maximum absolute atomic E-state index is 11.9. The van der Waals surface area contributed by atoms with E-state index in [4.69, 9.17) is 5.73 Å². The van der Waals surface area contributed by atoms with E-state index in [2.05, 4.69) is 15.6 Å². The van der Waals surface area contributed by atoms with Crippen molar-refractivity contribution >= 4 is 34.9 Å². The number of anilines is 3. The van der Waals surface area contributed by atoms with E-state index in [1.165, 1.54) is 0 Å². The summed E-state index contributed by atoms with van der Waals surface area (Å²) in [6, 6.07) is 12.9. The second-order valence-electron chi connectivity index (χ2n) is 4.80. The molecule has 6 heteroatoms. The summed E-state index contributed by atoms with van der Waals surface area (Å²) in [7, 11) is 0. The van der Waals surface area contributed by atoms with Crippen molar-refractivity contribution in [3.05, 3.63) is 48.7 Å². The number of benzene rings is 1. The van der Waals surface area contributed by atoms with Crippen LogP contribution in [0.3, 0.4) is 0 Å². The van der Waals surface area contributed by atoms with Gasteiger partial charge in [0.2, 0.25) is 5.91 Å². The number of nitrogens with one attached hydrogen (secondary N) is 2. The van der Waals surface area contributed by atoms with E-state index < -0.39 is 6.04 Å². The van der Waals surface area contributed by atoms with Crippen LogP contribution in [0.4, 0.5) is 17.2 Å². The fraction of sp³-hybridized carbons (Fsp3) is 0.250. The third-order valence-corrected chi connectivity index (χ3v) is 3.69. The third-order valence-electron chi connectivity index (χ3n) is 3.05. The summed E-state index contributed by atoms with van der Waals surface area (Å²) in [6.45, 7) is 0. The first-order valence-electron chi connectivity index (χ1n) is 7.02. The van der Waals surface area contributed by atoms with Gasteiger partial charge in [0.05, 0.1) is 17.9 Å². The Balaban J connectivity index is 1.90. The van der Waals surface area contributed by atoms with E-state index in [0.29, 0.717) is 12.1 Å². The summed E-state index contributed by atoms with van der Waals surface area (Å²) in [4.78, 5) is 16.2. The molecule has 116 valence electrons. The van der Waals surface area contributed by atoms with Crippen molar-refractivity contribution in [1.29, 1.82) is 0 Å². The molecule has 0 radical (unpaired) electrons. The average Bonchev–Trinajstić information content (AvgIpc) is 2.55. The Hall–Kier alpha value is -2.05. The van der Waals surface area contributed by atoms with Crippen LogP contribution in [-0.2, 0) is 4.79 Å². The molecule has 0 aliphatic heterocycles. The molecular weight excluding hydrogens is 296 g/mol. The van der Waals surface area contributed by atoms with Crippen molar-refractivity contribution in [2.45, 2.75) is 12.5 Å². The predicted molar refractivity (Wildman–Crippen MR) is 93.6 cm³/mol. The zero-order chi connectivity index (χ0) is 15.8. The molecule has 0 fully saturated rings. The Kier molecular flexibility index (Phi) is 6.24. The van der Waals surface area contributed by atoms with E-state index in [-0.39, 0.29) is 5.91 Å². The number of rotatable bonds is 7. The third kappa shape index (κ3) is 5.05. The van der Waals surface area contributed by atoms with E-state index >= 15 is 0 Å². The lowest BCUT2D eigenvalue weighted by atomic mass is 10.2. The molecule has 4 N–H and O–H groups in total. The lowest BCUT2D eigenvalue weighted by Gasteiger charge is -2.12. The van der Waals surface area contributed by atoms with Crippen LogP contribution in [0.5, 0.6) is 0 Å². The topological polar surface area (TPSA) is 80.0 Å². The van der Waals surface area contributed by atoms with Crippen LogP contribution in [0.1, 0.15) is 6.42 Å². The number of para-hydroxylation sites is 1. The Morgan fingerprint density at radius 3 is 2.64 bits per heavy atom. The van der Waals surface area contributed by atoms with Gasteiger partial charge < -0.3 is 16.4 Å². The summed E-state index contributed by atoms with van der Waals surface area (Å²) >= 11 is 1.68. The van der Waals surface area contributed by atoms with Gasteiger partial charge in [0.1, 0.15) is 5.82 Å². The van der Waals surface area contributed by atoms with Crippen molar-refractivity contribution < 1.29 is 4.79 Å². The number of carbonyl (C=O) groups excluding carboxylic acids is 1. The van der Waals surface area contributed by atoms with Crippen LogP contribution in [0.2, 0.25) is 0 Å². The van der Waals surface area contributed by atoms with Gasteiger partial charge in [0, 0.05) is 5.69 Å². The standard InChI is InChI=1S/C16H20N4OS/c1-22-10-9-14(17)16(21)20-13-7-8-15(18-11-13)19-12-5-3-2-4-6-12/h2-8,11,14H,9-10,17H2,1H3,(H,18,19)(H,20,21)/t14-/m0/s1. The fourth-order valence-electron chi connectivity index (χ4n) is 1.82. The number of amides is 1. The molecule has 0 spiro atoms. The van der Waals surface area contributed by atoms with Crippen molar-refractivity contribution in [3.8, 4) is 0 Å². The number of thioether (sulfide) groups is 1. The first kappa shape index (κ1) is 16.3. The van der Waals surface area contributed by atoms with E-state index in [0.717, 1.165) is 17.3 Å². The second-order valence-corrected chi connectivity index (χ2v) is 5.79. The second kappa shape index (κ2) is 8.41. The summed E-state index contributed by atoms with van der Waals surface area (Å²) < 4.78 is 0. The SMILES string of the molecule is CSCC[C@H](N)C(=O)Nc1ccc(Nc2ccccc2)nc1. The molecule has 0 aliphatic carbocycles. The molecule has 0 saturated heterocycles. The molecule has 1 aromatic carbocycles. The summed E-state index contributed by atoms with van der Waals surface area (Å²) in [6.07, 6.45) is 4.27. The molecular formula is C16H20N4OS. The summed E-state index contributed by atoms with van der Waals surface area (Å²) in [5.74, 6) is 1.41. The van der Waals surface area contributed by atoms with Crippen LogP contribution < -0.4 is 16.4 Å². The van der Waals surface area contributed by atoms with E-state index in [9.17, 15) is 4.79 Å². The maximum atomic E-state index is 11.9. The number of pyridine rings is 1. The first-order valence-corrected chi connectivity index (χ1v) is 8.42. The molecule has 0 unspecified atom stereocenters. The van der Waals surface area contributed by atoms with Gasteiger partial charge in [-0.05, 0) is 42.7 Å². The quantitative estimate of drug-likeness (QED) is 0.732. The van der Waals surface area contributed by atoms with E-state index in [1.807, 2.05) is 42.7 Å². The van der Waals surface area contributed by atoms with Gasteiger partial charge in [0.25, 0.3) is 0 Å². The number of nitrogens with zero attached hydrogens (tertiary/aromatic N) is 1. The molecule has 2 aromatic rings. The highest BCUT2D eigenvalue weighted by molar-refractivity contribution is 7.98. The largest absolute Gasteiger partial charge is 0.340 e. The molecule has 5 nitrogen and oxygen atoms in total. The van der Waals surface area contributed by atoms with Crippen LogP contribution in [-0.4, -0.2) is 28.9 Å². The maximum Gasteiger partial charge on any atom is 0.241 e. The molecule has 1 amide bonds. The van der Waals surface area contributed by atoms with Gasteiger partial charge in [-0.15, -0.1) is 0 Å². The number of nitrogens with two attached hydrogens (primary N) is 1. The Bertz CT molecular complexity index is 589. The van der Waals surface area contributed by atoms with Gasteiger partial charge in [-0.2, -0.15) is 11.8 Å². The first-order chi connectivity index (χ1) is 10.7. The minimum atomic E-state index is -0.491. The molecule has 1 heterocycles. The number of hydrogen-bond acceptors (Lipinski definition) is 5. The van der Waals surface area contributed by atoms with Crippen LogP contribution in [0.15, 0.2) is 48.7 Å². The fourth-order valence-corrected chi connectivity index (χ4v) is 2.31. The molecule has 2 rings (SSSR count). The monoisotopic (exact) mass is 316 g/mol. The van der Waals surface area contributed by atoms with Crippen molar-refractivity contribution in [1.82, 2.24) is 4.98 Å². The average molecular weight is 316 g/mol. The zero-order valence-electron chi connectivity index (χ0n) is 12.5. The van der Waals surface area contributed by atoms with Crippen molar-refractivity contribution in [3.63, 3.8) is 0 Å². The van der Waals surface area contributed by atoms with Crippen LogP contribution in [0.25, 0.3) is 0 Å². The molecule has 0 bridgehead atoms. The highest BCUT2D eigenvalue weighted by atomic mass is 32.2. The molecule has 0 aliphatic rings. The Morgan fingerprint density at radius 2 is 2.00 bits per heavy atom. The zero-order valence-corrected chi connectivity index (χ0v) is 13.3. The van der Waals surface area contributed by atoms with Gasteiger partial charge in [-0.3, -0.25) is 4.79 Å². The number of carbonyl (C=O) groups is 1. The summed E-state index contributed by atoms with van der Waals surface area (Å²) in [5.41, 5.74) is 7.43. The summed E-state index contributed by atoms with van der Waals surface area (Å²) in [5, 5.41) is 5.96. The lowest BCUT2D eigenvalue weighted by molar-refractivity contribution is -0.117. The Morgan fingerprint density at radius 1 is 1.23 bits per heavy atom. The van der Waals surface area contributed by atoms with Gasteiger partial charge >= 0.3 is 0 Å². The number of hydrogen-bond donors (Lipinski definition) is 3. The smallest absolute Gasteiger partial charge is 0.241 e. The molecule has 0 saturated carbocycles. The molecule has 1 atom stereocenters. The Labute approximate surface area is 134 Å². The minimum absolute atomic E-state index is 0.181.